The lowest BCUT2D eigenvalue weighted by molar-refractivity contribution is 0.102. The van der Waals surface area contributed by atoms with Crippen molar-refractivity contribution in [2.75, 3.05) is 11.9 Å². The zero-order chi connectivity index (χ0) is 21.0. The Morgan fingerprint density at radius 2 is 1.83 bits per heavy atom. The van der Waals surface area contributed by atoms with Crippen LogP contribution in [0.4, 0.5) is 9.52 Å². The summed E-state index contributed by atoms with van der Waals surface area (Å²) in [4.78, 5) is 12.3. The third-order valence-electron chi connectivity index (χ3n) is 3.65. The quantitative estimate of drug-likeness (QED) is 0.507. The number of nitrogens with one attached hydrogen (secondary N) is 2. The topological polar surface area (TPSA) is 101 Å². The highest BCUT2D eigenvalue weighted by atomic mass is 35.5. The Labute approximate surface area is 179 Å². The number of carbonyl (C=O) groups excluding carboxylic acids is 1. The molecule has 2 aromatic carbocycles. The van der Waals surface area contributed by atoms with E-state index in [9.17, 15) is 17.6 Å². The molecule has 0 fully saturated rings. The molecule has 1 amide bonds. The Morgan fingerprint density at radius 3 is 2.52 bits per heavy atom. The van der Waals surface area contributed by atoms with Crippen molar-refractivity contribution in [3.8, 4) is 0 Å². The molecule has 0 atom stereocenters. The lowest BCUT2D eigenvalue weighted by Gasteiger charge is -2.04. The number of amides is 1. The summed E-state index contributed by atoms with van der Waals surface area (Å²) >= 11 is 12.5. The van der Waals surface area contributed by atoms with Crippen LogP contribution in [0.25, 0.3) is 0 Å². The van der Waals surface area contributed by atoms with E-state index in [1.807, 2.05) is 0 Å². The summed E-state index contributed by atoms with van der Waals surface area (Å²) in [6.45, 7) is 0.0929. The second kappa shape index (κ2) is 9.14. The molecular formula is C17H13Cl2FN4O3S2. The monoisotopic (exact) mass is 474 g/mol. The van der Waals surface area contributed by atoms with Crippen LogP contribution in [0.5, 0.6) is 0 Å². The van der Waals surface area contributed by atoms with Gasteiger partial charge < -0.3 is 0 Å². The van der Waals surface area contributed by atoms with Crippen molar-refractivity contribution < 1.29 is 17.6 Å². The number of halogens is 3. The van der Waals surface area contributed by atoms with Crippen molar-refractivity contribution in [2.24, 2.45) is 0 Å². The van der Waals surface area contributed by atoms with Crippen molar-refractivity contribution in [1.82, 2.24) is 14.9 Å². The molecule has 0 saturated carbocycles. The number of nitrogens with zero attached hydrogens (tertiary/aromatic N) is 2. The largest absolute Gasteiger partial charge is 0.296 e. The van der Waals surface area contributed by atoms with Crippen molar-refractivity contribution in [2.45, 2.75) is 10.8 Å². The second-order valence-electron chi connectivity index (χ2n) is 5.73. The first-order valence-electron chi connectivity index (χ1n) is 8.08. The second-order valence-corrected chi connectivity index (χ2v) is 9.49. The lowest BCUT2D eigenvalue weighted by Crippen LogP contribution is -2.25. The highest BCUT2D eigenvalue weighted by Gasteiger charge is 2.21. The predicted molar refractivity (Wildman–Crippen MR) is 110 cm³/mol. The molecule has 0 aliphatic rings. The van der Waals surface area contributed by atoms with Crippen LogP contribution in [-0.4, -0.2) is 31.1 Å². The Morgan fingerprint density at radius 1 is 1.10 bits per heavy atom. The van der Waals surface area contributed by atoms with E-state index in [4.69, 9.17) is 23.2 Å². The molecule has 0 aliphatic heterocycles. The van der Waals surface area contributed by atoms with E-state index >= 15 is 0 Å². The molecule has 152 valence electrons. The van der Waals surface area contributed by atoms with Crippen molar-refractivity contribution in [3.63, 3.8) is 0 Å². The predicted octanol–water partition coefficient (Wildman–Crippen LogP) is 3.76. The van der Waals surface area contributed by atoms with Gasteiger partial charge in [-0.05, 0) is 42.3 Å². The van der Waals surface area contributed by atoms with E-state index in [2.05, 4.69) is 20.2 Å². The van der Waals surface area contributed by atoms with Crippen LogP contribution < -0.4 is 10.0 Å². The highest BCUT2D eigenvalue weighted by molar-refractivity contribution is 7.91. The van der Waals surface area contributed by atoms with Gasteiger partial charge in [-0.25, -0.2) is 17.5 Å². The van der Waals surface area contributed by atoms with Crippen molar-refractivity contribution in [1.29, 1.82) is 0 Å². The number of sulfonamides is 1. The van der Waals surface area contributed by atoms with Gasteiger partial charge in [-0.15, -0.1) is 10.2 Å². The standard InChI is InChI=1S/C17H13Cl2FN4O3S2/c18-11-3-6-13(14(19)9-11)15(25)22-16-23-24-17(28-16)29(26,27)21-8-7-10-1-4-12(20)5-2-10/h1-6,9,21H,7-8H2,(H,22,23,25). The lowest BCUT2D eigenvalue weighted by atomic mass is 10.1. The van der Waals surface area contributed by atoms with E-state index in [-0.39, 0.29) is 32.4 Å². The van der Waals surface area contributed by atoms with E-state index in [1.165, 1.54) is 30.3 Å². The SMILES string of the molecule is O=C(Nc1nnc(S(=O)(=O)NCCc2ccc(F)cc2)s1)c1ccc(Cl)cc1Cl. The van der Waals surface area contributed by atoms with E-state index in [1.54, 1.807) is 12.1 Å². The maximum atomic E-state index is 12.9. The number of aromatic nitrogens is 2. The van der Waals surface area contributed by atoms with Crippen LogP contribution >= 0.6 is 34.5 Å². The van der Waals surface area contributed by atoms with Crippen LogP contribution in [0.3, 0.4) is 0 Å². The molecule has 3 aromatic rings. The molecular weight excluding hydrogens is 462 g/mol. The number of hydrogen-bond acceptors (Lipinski definition) is 6. The molecule has 0 unspecified atom stereocenters. The summed E-state index contributed by atoms with van der Waals surface area (Å²) in [7, 11) is -3.91. The maximum Gasteiger partial charge on any atom is 0.269 e. The average molecular weight is 475 g/mol. The third kappa shape index (κ3) is 5.71. The number of benzene rings is 2. The normalized spacial score (nSPS) is 11.4. The van der Waals surface area contributed by atoms with E-state index in [0.717, 1.165) is 5.56 Å². The molecule has 0 radical (unpaired) electrons. The molecule has 29 heavy (non-hydrogen) atoms. The number of rotatable bonds is 7. The van der Waals surface area contributed by atoms with Gasteiger partial charge in [-0.3, -0.25) is 10.1 Å². The Balaban J connectivity index is 1.61. The van der Waals surface area contributed by atoms with Gasteiger partial charge in [0.1, 0.15) is 5.82 Å². The molecule has 2 N–H and O–H groups in total. The number of anilines is 1. The minimum atomic E-state index is -3.91. The van der Waals surface area contributed by atoms with Gasteiger partial charge in [0.15, 0.2) is 0 Å². The Kier molecular flexibility index (Phi) is 6.81. The first-order chi connectivity index (χ1) is 13.7. The van der Waals surface area contributed by atoms with Gasteiger partial charge in [-0.2, -0.15) is 0 Å². The van der Waals surface area contributed by atoms with Gasteiger partial charge in [0.2, 0.25) is 9.47 Å². The minimum absolute atomic E-state index is 0.0000683. The molecule has 12 heteroatoms. The molecule has 7 nitrogen and oxygen atoms in total. The summed E-state index contributed by atoms with van der Waals surface area (Å²) < 4.78 is 39.6. The molecule has 0 saturated heterocycles. The Bertz CT molecular complexity index is 1140. The zero-order valence-electron chi connectivity index (χ0n) is 14.5. The van der Waals surface area contributed by atoms with Crippen LogP contribution in [0.15, 0.2) is 46.8 Å². The third-order valence-corrected chi connectivity index (χ3v) is 6.87. The fourth-order valence-corrected chi connectivity index (χ4v) is 4.71. The van der Waals surface area contributed by atoms with E-state index in [0.29, 0.717) is 22.8 Å². The molecule has 0 aliphatic carbocycles. The maximum absolute atomic E-state index is 12.9. The van der Waals surface area contributed by atoms with Crippen LogP contribution in [0.1, 0.15) is 15.9 Å². The van der Waals surface area contributed by atoms with Gasteiger partial charge in [0.25, 0.3) is 15.9 Å². The van der Waals surface area contributed by atoms with Gasteiger partial charge in [0.05, 0.1) is 10.6 Å². The number of hydrogen-bond donors (Lipinski definition) is 2. The minimum Gasteiger partial charge on any atom is -0.296 e. The zero-order valence-corrected chi connectivity index (χ0v) is 17.7. The van der Waals surface area contributed by atoms with Crippen molar-refractivity contribution >= 4 is 55.6 Å². The van der Waals surface area contributed by atoms with Crippen LogP contribution in [0, 0.1) is 5.82 Å². The Hall–Kier alpha value is -2.11. The van der Waals surface area contributed by atoms with Crippen LogP contribution in [-0.2, 0) is 16.4 Å². The summed E-state index contributed by atoms with van der Waals surface area (Å²) in [6.07, 6.45) is 0.372. The fourth-order valence-electron chi connectivity index (χ4n) is 2.25. The first kappa shape index (κ1) is 21.6. The molecule has 0 bridgehead atoms. The van der Waals surface area contributed by atoms with Gasteiger partial charge in [-0.1, -0.05) is 46.7 Å². The molecule has 1 aromatic heterocycles. The smallest absolute Gasteiger partial charge is 0.269 e. The van der Waals surface area contributed by atoms with E-state index < -0.39 is 15.9 Å². The van der Waals surface area contributed by atoms with Crippen LogP contribution in [0.2, 0.25) is 10.0 Å². The molecule has 0 spiro atoms. The summed E-state index contributed by atoms with van der Waals surface area (Å²) in [6, 6.07) is 10.1. The first-order valence-corrected chi connectivity index (χ1v) is 11.1. The summed E-state index contributed by atoms with van der Waals surface area (Å²) in [5.41, 5.74) is 0.937. The summed E-state index contributed by atoms with van der Waals surface area (Å²) in [5, 5.41) is 10.3. The number of carbonyl (C=O) groups is 1. The highest BCUT2D eigenvalue weighted by Crippen LogP contribution is 2.24. The molecule has 3 rings (SSSR count). The molecule has 1 heterocycles. The van der Waals surface area contributed by atoms with Gasteiger partial charge in [0, 0.05) is 11.6 Å². The van der Waals surface area contributed by atoms with Crippen molar-refractivity contribution in [3.05, 3.63) is 69.5 Å². The average Bonchev–Trinajstić information content (AvgIpc) is 3.12. The fraction of sp³-hybridized carbons (Fsp3) is 0.118. The van der Waals surface area contributed by atoms with Gasteiger partial charge >= 0.3 is 0 Å². The summed E-state index contributed by atoms with van der Waals surface area (Å²) in [5.74, 6) is -0.936.